The van der Waals surface area contributed by atoms with Crippen LogP contribution in [0.2, 0.25) is 10.0 Å². The third-order valence-corrected chi connectivity index (χ3v) is 10.5. The summed E-state index contributed by atoms with van der Waals surface area (Å²) in [6.45, 7) is 5.92. The number of amides is 5. The van der Waals surface area contributed by atoms with E-state index in [1.807, 2.05) is 34.1 Å². The van der Waals surface area contributed by atoms with Gasteiger partial charge in [0.15, 0.2) is 5.75 Å². The topological polar surface area (TPSA) is 124 Å². The van der Waals surface area contributed by atoms with Crippen molar-refractivity contribution in [3.05, 3.63) is 57.6 Å². The Balaban J connectivity index is 1.10. The predicted octanol–water partition coefficient (Wildman–Crippen LogP) is 4.03. The van der Waals surface area contributed by atoms with E-state index in [0.717, 1.165) is 56.8 Å². The van der Waals surface area contributed by atoms with Crippen LogP contribution in [0.15, 0.2) is 36.4 Å². The molecule has 3 fully saturated rings. The summed E-state index contributed by atoms with van der Waals surface area (Å²) in [5.74, 6) is -0.135. The molecule has 6 rings (SSSR count). The fourth-order valence-corrected chi connectivity index (χ4v) is 7.89. The summed E-state index contributed by atoms with van der Waals surface area (Å²) in [5.41, 5.74) is 2.57. The van der Waals surface area contributed by atoms with E-state index in [-0.39, 0.29) is 52.7 Å². The van der Waals surface area contributed by atoms with Crippen LogP contribution in [0.3, 0.4) is 0 Å². The average Bonchev–Trinajstić information content (AvgIpc) is 3.27. The molecule has 0 saturated carbocycles. The van der Waals surface area contributed by atoms with Gasteiger partial charge >= 0.3 is 12.1 Å². The number of piperazine rings is 1. The molecule has 0 spiro atoms. The van der Waals surface area contributed by atoms with Crippen LogP contribution in [0.25, 0.3) is 0 Å². The molecule has 0 bridgehead atoms. The summed E-state index contributed by atoms with van der Waals surface area (Å²) in [6.07, 6.45) is 4.16. The number of para-hydroxylation sites is 1. The molecule has 2 aromatic rings. The van der Waals surface area contributed by atoms with Crippen LogP contribution in [-0.2, 0) is 27.2 Å². The molecule has 4 aliphatic rings. The van der Waals surface area contributed by atoms with E-state index in [4.69, 9.17) is 32.7 Å². The normalized spacial score (nSPS) is 20.4. The number of rotatable bonds is 8. The molecule has 1 atom stereocenters. The zero-order chi connectivity index (χ0) is 33.6. The minimum atomic E-state index is -0.871. The molecule has 4 heterocycles. The lowest BCUT2D eigenvalue weighted by molar-refractivity contribution is -0.135. The molecule has 258 valence electrons. The number of piperidine rings is 1. The molecule has 0 aromatic heterocycles. The van der Waals surface area contributed by atoms with Gasteiger partial charge in [0, 0.05) is 83.2 Å². The van der Waals surface area contributed by atoms with Crippen molar-refractivity contribution in [1.29, 1.82) is 0 Å². The maximum absolute atomic E-state index is 14.0. The van der Waals surface area contributed by atoms with Gasteiger partial charge < -0.3 is 34.8 Å². The van der Waals surface area contributed by atoms with Crippen LogP contribution in [0, 0.1) is 0 Å². The predicted molar refractivity (Wildman–Crippen MR) is 182 cm³/mol. The van der Waals surface area contributed by atoms with E-state index in [1.165, 1.54) is 0 Å². The van der Waals surface area contributed by atoms with Crippen LogP contribution in [-0.4, -0.2) is 121 Å². The fraction of sp³-hybridized carbons (Fsp3) is 0.529. The van der Waals surface area contributed by atoms with E-state index in [2.05, 4.69) is 15.5 Å². The lowest BCUT2D eigenvalue weighted by Gasteiger charge is -2.42. The standard InChI is InChI=1S/C34H42Cl2N6O6/c35-27-19-23(20-28(36)31(27)48-22-43)21-30(32(44)40-15-13-39(14-16-40)25-8-17-47-18-9-25)38-33(45)41-10-6-26(7-11-41)42-12-5-24-3-1-2-4-29(24)37-34(42)46/h1-4,19-20,22,25-26,30H,5-18,21H2,(H,37,46)(H,38,45)/t30-/m1/s1. The molecule has 48 heavy (non-hydrogen) atoms. The molecule has 2 aromatic carbocycles. The van der Waals surface area contributed by atoms with E-state index in [1.54, 1.807) is 17.0 Å². The number of fused-ring (bicyclic) bond motifs is 1. The Morgan fingerprint density at radius 2 is 1.62 bits per heavy atom. The van der Waals surface area contributed by atoms with Gasteiger partial charge in [-0.15, -0.1) is 0 Å². The first kappa shape index (κ1) is 34.3. The average molecular weight is 702 g/mol. The molecular weight excluding hydrogens is 659 g/mol. The van der Waals surface area contributed by atoms with Crippen LogP contribution < -0.4 is 15.4 Å². The number of halogens is 2. The number of hydrogen-bond donors (Lipinski definition) is 2. The Hall–Kier alpha value is -3.58. The number of ether oxygens (including phenoxy) is 2. The van der Waals surface area contributed by atoms with Crippen molar-refractivity contribution in [2.24, 2.45) is 0 Å². The van der Waals surface area contributed by atoms with Crippen LogP contribution >= 0.6 is 23.2 Å². The highest BCUT2D eigenvalue weighted by Gasteiger charge is 2.35. The number of urea groups is 2. The second-order valence-corrected chi connectivity index (χ2v) is 13.6. The summed E-state index contributed by atoms with van der Waals surface area (Å²) >= 11 is 12.7. The third kappa shape index (κ3) is 7.99. The van der Waals surface area contributed by atoms with Crippen molar-refractivity contribution in [1.82, 2.24) is 24.9 Å². The van der Waals surface area contributed by atoms with Crippen molar-refractivity contribution in [2.75, 3.05) is 64.3 Å². The lowest BCUT2D eigenvalue weighted by atomic mass is 10.0. The summed E-state index contributed by atoms with van der Waals surface area (Å²) in [7, 11) is 0. The van der Waals surface area contributed by atoms with Gasteiger partial charge in [0.2, 0.25) is 5.91 Å². The van der Waals surface area contributed by atoms with Gasteiger partial charge in [-0.25, -0.2) is 9.59 Å². The number of likely N-dealkylation sites (tertiary alicyclic amines) is 1. The molecule has 4 aliphatic heterocycles. The lowest BCUT2D eigenvalue weighted by Crippen LogP contribution is -2.59. The first-order valence-corrected chi connectivity index (χ1v) is 17.5. The molecule has 0 aliphatic carbocycles. The number of carbonyl (C=O) groups is 4. The Labute approximate surface area is 290 Å². The Kier molecular flexibility index (Phi) is 11.3. The molecule has 0 radical (unpaired) electrons. The third-order valence-electron chi connectivity index (χ3n) is 9.93. The van der Waals surface area contributed by atoms with Gasteiger partial charge in [-0.05, 0) is 61.4 Å². The van der Waals surface area contributed by atoms with Gasteiger partial charge in [-0.1, -0.05) is 41.4 Å². The minimum Gasteiger partial charge on any atom is -0.426 e. The summed E-state index contributed by atoms with van der Waals surface area (Å²) < 4.78 is 10.4. The molecule has 2 N–H and O–H groups in total. The number of nitrogens with zero attached hydrogens (tertiary/aromatic N) is 4. The first-order chi connectivity index (χ1) is 23.3. The number of nitrogens with one attached hydrogen (secondary N) is 2. The largest absolute Gasteiger partial charge is 0.426 e. The zero-order valence-corrected chi connectivity index (χ0v) is 28.4. The van der Waals surface area contributed by atoms with E-state index in [9.17, 15) is 19.2 Å². The van der Waals surface area contributed by atoms with Gasteiger partial charge in [-0.3, -0.25) is 14.5 Å². The zero-order valence-electron chi connectivity index (χ0n) is 26.9. The van der Waals surface area contributed by atoms with Crippen molar-refractivity contribution >= 4 is 53.3 Å². The SMILES string of the molecule is O=COc1c(Cl)cc(C[C@@H](NC(=O)N2CCC(N3CCc4ccccc4NC3=O)CC2)C(=O)N2CCN(C3CCOCC3)CC2)cc1Cl. The number of hydrogen-bond acceptors (Lipinski definition) is 7. The summed E-state index contributed by atoms with van der Waals surface area (Å²) in [5, 5.41) is 6.31. The molecular formula is C34H42Cl2N6O6. The highest BCUT2D eigenvalue weighted by molar-refractivity contribution is 6.37. The Morgan fingerprint density at radius 3 is 2.31 bits per heavy atom. The quantitative estimate of drug-likeness (QED) is 0.399. The van der Waals surface area contributed by atoms with Crippen LogP contribution in [0.1, 0.15) is 36.8 Å². The smallest absolute Gasteiger partial charge is 0.322 e. The van der Waals surface area contributed by atoms with Gasteiger partial charge in [0.25, 0.3) is 6.47 Å². The van der Waals surface area contributed by atoms with Crippen molar-refractivity contribution in [2.45, 2.75) is 56.7 Å². The second-order valence-electron chi connectivity index (χ2n) is 12.8. The maximum Gasteiger partial charge on any atom is 0.322 e. The highest BCUT2D eigenvalue weighted by atomic mass is 35.5. The Bertz CT molecular complexity index is 1470. The summed E-state index contributed by atoms with van der Waals surface area (Å²) in [6, 6.07) is 10.2. The monoisotopic (exact) mass is 700 g/mol. The fourth-order valence-electron chi connectivity index (χ4n) is 7.26. The molecule has 3 saturated heterocycles. The van der Waals surface area contributed by atoms with Crippen molar-refractivity contribution in [3.8, 4) is 5.75 Å². The summed E-state index contributed by atoms with van der Waals surface area (Å²) in [4.78, 5) is 59.6. The second kappa shape index (κ2) is 15.8. The first-order valence-electron chi connectivity index (χ1n) is 16.7. The molecule has 0 unspecified atom stereocenters. The van der Waals surface area contributed by atoms with Gasteiger partial charge in [-0.2, -0.15) is 0 Å². The number of anilines is 1. The Morgan fingerprint density at radius 1 is 0.938 bits per heavy atom. The molecule has 14 heteroatoms. The van der Waals surface area contributed by atoms with E-state index >= 15 is 0 Å². The minimum absolute atomic E-state index is 0.00389. The highest BCUT2D eigenvalue weighted by Crippen LogP contribution is 2.34. The number of benzene rings is 2. The number of carbonyl (C=O) groups excluding carboxylic acids is 4. The van der Waals surface area contributed by atoms with Crippen molar-refractivity contribution < 1.29 is 28.7 Å². The molecule has 12 nitrogen and oxygen atoms in total. The maximum atomic E-state index is 14.0. The van der Waals surface area contributed by atoms with Gasteiger partial charge in [0.1, 0.15) is 6.04 Å². The van der Waals surface area contributed by atoms with Gasteiger partial charge in [0.05, 0.1) is 10.0 Å². The molecule has 5 amide bonds. The van der Waals surface area contributed by atoms with Crippen molar-refractivity contribution in [3.63, 3.8) is 0 Å². The van der Waals surface area contributed by atoms with Crippen LogP contribution in [0.4, 0.5) is 15.3 Å². The van der Waals surface area contributed by atoms with Crippen LogP contribution in [0.5, 0.6) is 5.75 Å². The van der Waals surface area contributed by atoms with E-state index < -0.39 is 6.04 Å². The van der Waals surface area contributed by atoms with E-state index in [0.29, 0.717) is 57.2 Å².